The van der Waals surface area contributed by atoms with Crippen LogP contribution in [0.4, 0.5) is 0 Å². The molecule has 1 fully saturated rings. The minimum atomic E-state index is -0.822. The van der Waals surface area contributed by atoms with Crippen LogP contribution in [0.5, 0.6) is 0 Å². The summed E-state index contributed by atoms with van der Waals surface area (Å²) in [6.07, 6.45) is 5.62. The molecule has 0 aromatic rings. The molecule has 0 radical (unpaired) electrons. The van der Waals surface area contributed by atoms with E-state index in [4.69, 9.17) is 5.11 Å². The van der Waals surface area contributed by atoms with Gasteiger partial charge in [-0.2, -0.15) is 0 Å². The van der Waals surface area contributed by atoms with E-state index in [2.05, 4.69) is 6.58 Å². The highest BCUT2D eigenvalue weighted by Gasteiger charge is 2.20. The first-order valence-corrected chi connectivity index (χ1v) is 4.14. The molecule has 0 amide bonds. The van der Waals surface area contributed by atoms with Crippen molar-refractivity contribution in [3.8, 4) is 0 Å². The summed E-state index contributed by atoms with van der Waals surface area (Å²) in [5.41, 5.74) is 0.407. The second-order valence-corrected chi connectivity index (χ2v) is 3.17. The first-order chi connectivity index (χ1) is 5.22. The van der Waals surface area contributed by atoms with E-state index in [9.17, 15) is 4.79 Å². The number of aliphatic carboxylic acids is 1. The zero-order chi connectivity index (χ0) is 8.27. The van der Waals surface area contributed by atoms with E-state index in [0.29, 0.717) is 5.57 Å². The van der Waals surface area contributed by atoms with Crippen molar-refractivity contribution < 1.29 is 9.90 Å². The van der Waals surface area contributed by atoms with Crippen LogP contribution in [0, 0.1) is 5.92 Å². The summed E-state index contributed by atoms with van der Waals surface area (Å²) in [6.45, 7) is 3.58. The normalized spacial score (nSPS) is 19.6. The van der Waals surface area contributed by atoms with Gasteiger partial charge in [0.15, 0.2) is 0 Å². The zero-order valence-electron chi connectivity index (χ0n) is 6.68. The van der Waals surface area contributed by atoms with Gasteiger partial charge in [-0.1, -0.05) is 25.8 Å². The van der Waals surface area contributed by atoms with Crippen molar-refractivity contribution in [1.29, 1.82) is 0 Å². The van der Waals surface area contributed by atoms with Crippen LogP contribution < -0.4 is 0 Å². The van der Waals surface area contributed by atoms with E-state index < -0.39 is 5.97 Å². The summed E-state index contributed by atoms with van der Waals surface area (Å²) < 4.78 is 0. The lowest BCUT2D eigenvalue weighted by Gasteiger charge is -2.20. The van der Waals surface area contributed by atoms with Gasteiger partial charge in [-0.05, 0) is 18.8 Å². The summed E-state index contributed by atoms with van der Waals surface area (Å²) in [6, 6.07) is 0. The van der Waals surface area contributed by atoms with Gasteiger partial charge in [0.25, 0.3) is 0 Å². The Labute approximate surface area is 66.9 Å². The molecular formula is C9H14O2. The Morgan fingerprint density at radius 2 is 1.82 bits per heavy atom. The summed E-state index contributed by atoms with van der Waals surface area (Å²) in [5.74, 6) is -0.571. The molecule has 1 saturated carbocycles. The molecule has 62 valence electrons. The fourth-order valence-electron chi connectivity index (χ4n) is 1.63. The Morgan fingerprint density at radius 3 is 2.27 bits per heavy atom. The fraction of sp³-hybridized carbons (Fsp3) is 0.667. The third-order valence-corrected chi connectivity index (χ3v) is 2.37. The molecule has 0 aromatic heterocycles. The highest BCUT2D eigenvalue weighted by molar-refractivity contribution is 5.86. The molecule has 11 heavy (non-hydrogen) atoms. The first kappa shape index (κ1) is 8.31. The molecule has 2 nitrogen and oxygen atoms in total. The summed E-state index contributed by atoms with van der Waals surface area (Å²) >= 11 is 0. The number of carboxylic acids is 1. The van der Waals surface area contributed by atoms with E-state index >= 15 is 0 Å². The minimum absolute atomic E-state index is 0.251. The van der Waals surface area contributed by atoms with Crippen LogP contribution in [0.2, 0.25) is 0 Å². The van der Waals surface area contributed by atoms with Crippen molar-refractivity contribution in [2.24, 2.45) is 5.92 Å². The van der Waals surface area contributed by atoms with Crippen LogP contribution >= 0.6 is 0 Å². The molecule has 0 spiro atoms. The molecule has 1 aliphatic rings. The maximum atomic E-state index is 10.5. The number of hydrogen-bond acceptors (Lipinski definition) is 1. The van der Waals surface area contributed by atoms with Crippen LogP contribution in [-0.2, 0) is 4.79 Å². The fourth-order valence-corrected chi connectivity index (χ4v) is 1.63. The Morgan fingerprint density at radius 1 is 1.27 bits per heavy atom. The van der Waals surface area contributed by atoms with Gasteiger partial charge in [0.1, 0.15) is 0 Å². The van der Waals surface area contributed by atoms with Crippen LogP contribution in [0.25, 0.3) is 0 Å². The largest absolute Gasteiger partial charge is 0.478 e. The summed E-state index contributed by atoms with van der Waals surface area (Å²) in [7, 11) is 0. The van der Waals surface area contributed by atoms with Crippen molar-refractivity contribution in [3.05, 3.63) is 12.2 Å². The molecule has 0 atom stereocenters. The first-order valence-electron chi connectivity index (χ1n) is 4.14. The molecule has 1 rings (SSSR count). The average Bonchev–Trinajstić information content (AvgIpc) is 2.05. The van der Waals surface area contributed by atoms with E-state index in [0.717, 1.165) is 25.7 Å². The Kier molecular flexibility index (Phi) is 2.69. The molecule has 1 aliphatic carbocycles. The molecule has 0 bridgehead atoms. The number of carboxylic acid groups (broad SMARTS) is 1. The van der Waals surface area contributed by atoms with Gasteiger partial charge in [-0.3, -0.25) is 0 Å². The van der Waals surface area contributed by atoms with Crippen LogP contribution in [0.15, 0.2) is 12.2 Å². The maximum Gasteiger partial charge on any atom is 0.331 e. The quantitative estimate of drug-likeness (QED) is 0.619. The molecule has 0 heterocycles. The molecule has 1 N–H and O–H groups in total. The smallest absolute Gasteiger partial charge is 0.331 e. The van der Waals surface area contributed by atoms with E-state index in [-0.39, 0.29) is 5.92 Å². The summed E-state index contributed by atoms with van der Waals surface area (Å²) in [5, 5.41) is 8.63. The predicted octanol–water partition coefficient (Wildman–Crippen LogP) is 2.21. The highest BCUT2D eigenvalue weighted by atomic mass is 16.4. The van der Waals surface area contributed by atoms with Crippen molar-refractivity contribution in [3.63, 3.8) is 0 Å². The lowest BCUT2D eigenvalue weighted by molar-refractivity contribution is -0.133. The maximum absolute atomic E-state index is 10.5. The van der Waals surface area contributed by atoms with Gasteiger partial charge in [-0.25, -0.2) is 4.79 Å². The average molecular weight is 154 g/mol. The van der Waals surface area contributed by atoms with Crippen LogP contribution in [-0.4, -0.2) is 11.1 Å². The van der Waals surface area contributed by atoms with Gasteiger partial charge in [0, 0.05) is 5.57 Å². The zero-order valence-corrected chi connectivity index (χ0v) is 6.68. The van der Waals surface area contributed by atoms with Crippen LogP contribution in [0.3, 0.4) is 0 Å². The van der Waals surface area contributed by atoms with Gasteiger partial charge in [0.2, 0.25) is 0 Å². The van der Waals surface area contributed by atoms with Crippen LogP contribution in [0.1, 0.15) is 32.1 Å². The second-order valence-electron chi connectivity index (χ2n) is 3.17. The van der Waals surface area contributed by atoms with Crippen molar-refractivity contribution in [2.45, 2.75) is 32.1 Å². The number of carbonyl (C=O) groups is 1. The molecule has 0 aromatic carbocycles. The Balaban J connectivity index is 2.45. The lowest BCUT2D eigenvalue weighted by atomic mass is 9.84. The van der Waals surface area contributed by atoms with Crippen molar-refractivity contribution in [1.82, 2.24) is 0 Å². The third kappa shape index (κ3) is 2.07. The van der Waals surface area contributed by atoms with Gasteiger partial charge in [0.05, 0.1) is 0 Å². The third-order valence-electron chi connectivity index (χ3n) is 2.37. The molecule has 2 heteroatoms. The summed E-state index contributed by atoms with van der Waals surface area (Å²) in [4.78, 5) is 10.5. The van der Waals surface area contributed by atoms with E-state index in [1.54, 1.807) is 0 Å². The minimum Gasteiger partial charge on any atom is -0.478 e. The predicted molar refractivity (Wildman–Crippen MR) is 43.4 cm³/mol. The van der Waals surface area contributed by atoms with Gasteiger partial charge in [-0.15, -0.1) is 0 Å². The van der Waals surface area contributed by atoms with E-state index in [1.807, 2.05) is 0 Å². The van der Waals surface area contributed by atoms with Crippen molar-refractivity contribution >= 4 is 5.97 Å². The number of hydrogen-bond donors (Lipinski definition) is 1. The number of rotatable bonds is 2. The molecule has 0 unspecified atom stereocenters. The van der Waals surface area contributed by atoms with Gasteiger partial charge < -0.3 is 5.11 Å². The van der Waals surface area contributed by atoms with E-state index in [1.165, 1.54) is 6.42 Å². The second kappa shape index (κ2) is 3.56. The molecular weight excluding hydrogens is 140 g/mol. The highest BCUT2D eigenvalue weighted by Crippen LogP contribution is 2.28. The van der Waals surface area contributed by atoms with Crippen molar-refractivity contribution in [2.75, 3.05) is 0 Å². The SMILES string of the molecule is C=C(C(=O)O)C1CCCCC1. The monoisotopic (exact) mass is 154 g/mol. The Bertz CT molecular complexity index is 166. The standard InChI is InChI=1S/C9H14O2/c1-7(9(10)11)8-5-3-2-4-6-8/h8H,1-6H2,(H,10,11). The lowest BCUT2D eigenvalue weighted by Crippen LogP contribution is -2.14. The molecule has 0 aliphatic heterocycles. The topological polar surface area (TPSA) is 37.3 Å². The Hall–Kier alpha value is -0.790. The van der Waals surface area contributed by atoms with Gasteiger partial charge >= 0.3 is 5.97 Å². The molecule has 0 saturated heterocycles.